The molecule has 6 nitrogen and oxygen atoms in total. The molecule has 2 aromatic heterocycles. The van der Waals surface area contributed by atoms with E-state index in [2.05, 4.69) is 16.0 Å². The zero-order chi connectivity index (χ0) is 22.4. The summed E-state index contributed by atoms with van der Waals surface area (Å²) in [5.74, 6) is -0.451. The maximum absolute atomic E-state index is 13.2. The molecular formula is C24H17Cl2N5O. The Hall–Kier alpha value is -3.40. The van der Waals surface area contributed by atoms with Crippen LogP contribution >= 0.6 is 23.2 Å². The van der Waals surface area contributed by atoms with Crippen molar-refractivity contribution in [2.45, 2.75) is 25.2 Å². The Morgan fingerprint density at radius 1 is 1.19 bits per heavy atom. The predicted octanol–water partition coefficient (Wildman–Crippen LogP) is 5.24. The van der Waals surface area contributed by atoms with Crippen molar-refractivity contribution in [3.63, 3.8) is 0 Å². The van der Waals surface area contributed by atoms with Gasteiger partial charge in [0, 0.05) is 39.9 Å². The lowest BCUT2D eigenvalue weighted by molar-refractivity contribution is -0.116. The molecule has 158 valence electrons. The second-order valence-corrected chi connectivity index (χ2v) is 8.53. The van der Waals surface area contributed by atoms with Gasteiger partial charge in [-0.1, -0.05) is 23.2 Å². The summed E-state index contributed by atoms with van der Waals surface area (Å²) in [6.45, 7) is 0. The fraction of sp³-hybridized carbons (Fsp3) is 0.167. The Labute approximate surface area is 194 Å². The number of carbonyl (C=O) groups excluding carboxylic acids is 1. The average Bonchev–Trinajstić information content (AvgIpc) is 2.79. The molecule has 0 saturated carbocycles. The van der Waals surface area contributed by atoms with E-state index in [0.29, 0.717) is 46.6 Å². The molecule has 8 heteroatoms. The molecule has 1 atom stereocenters. The number of aromatic nitrogens is 2. The largest absolute Gasteiger partial charge is 0.384 e. The summed E-state index contributed by atoms with van der Waals surface area (Å²) < 4.78 is 0. The van der Waals surface area contributed by atoms with Gasteiger partial charge in [-0.25, -0.2) is 4.98 Å². The van der Waals surface area contributed by atoms with Crippen molar-refractivity contribution in [2.24, 2.45) is 5.73 Å². The Bertz CT molecular complexity index is 1370. The van der Waals surface area contributed by atoms with E-state index in [-0.39, 0.29) is 22.3 Å². The minimum atomic E-state index is -0.695. The molecule has 1 aliphatic heterocycles. The van der Waals surface area contributed by atoms with Crippen LogP contribution in [0.4, 0.5) is 5.69 Å². The van der Waals surface area contributed by atoms with Gasteiger partial charge in [-0.15, -0.1) is 0 Å². The molecule has 2 N–H and O–H groups in total. The number of anilines is 1. The number of halogens is 2. The van der Waals surface area contributed by atoms with Gasteiger partial charge in [0.1, 0.15) is 11.0 Å². The number of ketones is 1. The SMILES string of the molecule is N#CC1=C(N)N(c2cccnc2)C2=C(C(=O)CCC2)C1c1cc2cc(Cl)ccc2nc1Cl. The number of pyridine rings is 2. The maximum Gasteiger partial charge on any atom is 0.161 e. The lowest BCUT2D eigenvalue weighted by atomic mass is 9.75. The number of allylic oxidation sites excluding steroid dienone is 3. The lowest BCUT2D eigenvalue weighted by Gasteiger charge is -2.39. The number of benzene rings is 1. The molecule has 0 fully saturated rings. The normalized spacial score (nSPS) is 18.7. The Balaban J connectivity index is 1.79. The van der Waals surface area contributed by atoms with Crippen LogP contribution in [0.25, 0.3) is 10.9 Å². The van der Waals surface area contributed by atoms with Crippen molar-refractivity contribution in [1.29, 1.82) is 5.26 Å². The van der Waals surface area contributed by atoms with Crippen LogP contribution in [0.5, 0.6) is 0 Å². The van der Waals surface area contributed by atoms with Crippen molar-refractivity contribution >= 4 is 45.6 Å². The van der Waals surface area contributed by atoms with Crippen LogP contribution in [0.3, 0.4) is 0 Å². The van der Waals surface area contributed by atoms with Gasteiger partial charge < -0.3 is 5.73 Å². The maximum atomic E-state index is 13.2. The van der Waals surface area contributed by atoms with E-state index in [4.69, 9.17) is 28.9 Å². The monoisotopic (exact) mass is 461 g/mol. The minimum Gasteiger partial charge on any atom is -0.384 e. The Morgan fingerprint density at radius 2 is 2.03 bits per heavy atom. The first-order valence-corrected chi connectivity index (χ1v) is 10.9. The van der Waals surface area contributed by atoms with Crippen molar-refractivity contribution in [3.05, 3.63) is 87.2 Å². The zero-order valence-corrected chi connectivity index (χ0v) is 18.4. The zero-order valence-electron chi connectivity index (χ0n) is 16.8. The molecule has 0 bridgehead atoms. The quantitative estimate of drug-likeness (QED) is 0.524. The number of rotatable bonds is 2. The molecule has 0 spiro atoms. The van der Waals surface area contributed by atoms with Crippen molar-refractivity contribution in [2.75, 3.05) is 4.90 Å². The molecule has 3 heterocycles. The summed E-state index contributed by atoms with van der Waals surface area (Å²) in [5, 5.41) is 11.7. The second-order valence-electron chi connectivity index (χ2n) is 7.73. The van der Waals surface area contributed by atoms with E-state index in [1.807, 2.05) is 12.1 Å². The summed E-state index contributed by atoms with van der Waals surface area (Å²) >= 11 is 12.8. The third-order valence-corrected chi connectivity index (χ3v) is 6.42. The standard InChI is InChI=1S/C24H17Cl2N5O/c25-14-6-7-18-13(9-14)10-16(23(26)30-18)21-17(11-27)24(28)31(15-3-2-8-29-12-15)19-4-1-5-20(32)22(19)21/h2-3,6-10,12,21H,1,4-5,28H2. The van der Waals surface area contributed by atoms with Gasteiger partial charge in [-0.05, 0) is 49.2 Å². The number of Topliss-reactive ketones (excluding diaryl/α,β-unsaturated/α-hetero) is 1. The van der Waals surface area contributed by atoms with E-state index < -0.39 is 5.92 Å². The highest BCUT2D eigenvalue weighted by Gasteiger charge is 2.41. The minimum absolute atomic E-state index is 0.0207. The average molecular weight is 462 g/mol. The van der Waals surface area contributed by atoms with Crippen LogP contribution in [0.15, 0.2) is 71.5 Å². The van der Waals surface area contributed by atoms with E-state index in [1.165, 1.54) is 0 Å². The first kappa shape index (κ1) is 20.5. The van der Waals surface area contributed by atoms with Crippen molar-refractivity contribution in [3.8, 4) is 6.07 Å². The van der Waals surface area contributed by atoms with Gasteiger partial charge in [0.2, 0.25) is 0 Å². The van der Waals surface area contributed by atoms with E-state index >= 15 is 0 Å². The van der Waals surface area contributed by atoms with Crippen LogP contribution in [-0.4, -0.2) is 15.8 Å². The van der Waals surface area contributed by atoms with Crippen LogP contribution in [0, 0.1) is 11.3 Å². The topological polar surface area (TPSA) is 95.9 Å². The van der Waals surface area contributed by atoms with Gasteiger partial charge in [0.05, 0.1) is 35.0 Å². The molecule has 2 aliphatic rings. The van der Waals surface area contributed by atoms with E-state index in [9.17, 15) is 10.1 Å². The highest BCUT2D eigenvalue weighted by Crippen LogP contribution is 2.47. The summed E-state index contributed by atoms with van der Waals surface area (Å²) in [6.07, 6.45) is 5.08. The molecule has 1 aliphatic carbocycles. The van der Waals surface area contributed by atoms with Gasteiger partial charge in [-0.2, -0.15) is 5.26 Å². The van der Waals surface area contributed by atoms with Crippen molar-refractivity contribution in [1.82, 2.24) is 9.97 Å². The van der Waals surface area contributed by atoms with Crippen LogP contribution in [-0.2, 0) is 4.79 Å². The Kier molecular flexibility index (Phi) is 5.09. The van der Waals surface area contributed by atoms with Crippen LogP contribution in [0.2, 0.25) is 10.2 Å². The van der Waals surface area contributed by atoms with Gasteiger partial charge >= 0.3 is 0 Å². The van der Waals surface area contributed by atoms with E-state index in [0.717, 1.165) is 11.1 Å². The molecule has 32 heavy (non-hydrogen) atoms. The highest BCUT2D eigenvalue weighted by molar-refractivity contribution is 6.32. The lowest BCUT2D eigenvalue weighted by Crippen LogP contribution is -2.38. The Morgan fingerprint density at radius 3 is 2.78 bits per heavy atom. The molecule has 0 saturated heterocycles. The molecule has 5 rings (SSSR count). The highest BCUT2D eigenvalue weighted by atomic mass is 35.5. The van der Waals surface area contributed by atoms with E-state index in [1.54, 1.807) is 41.6 Å². The van der Waals surface area contributed by atoms with Gasteiger partial charge in [-0.3, -0.25) is 14.7 Å². The molecule has 1 unspecified atom stereocenters. The molecule has 3 aromatic rings. The number of hydrogen-bond acceptors (Lipinski definition) is 6. The number of nitrogens with two attached hydrogens (primary N) is 1. The number of carbonyl (C=O) groups is 1. The number of nitriles is 1. The molecule has 0 amide bonds. The van der Waals surface area contributed by atoms with Crippen molar-refractivity contribution < 1.29 is 4.79 Å². The number of fused-ring (bicyclic) bond motifs is 1. The predicted molar refractivity (Wildman–Crippen MR) is 124 cm³/mol. The third-order valence-electron chi connectivity index (χ3n) is 5.89. The number of hydrogen-bond donors (Lipinski definition) is 1. The molecule has 1 aromatic carbocycles. The summed E-state index contributed by atoms with van der Waals surface area (Å²) in [7, 11) is 0. The summed E-state index contributed by atoms with van der Waals surface area (Å²) in [6, 6.07) is 13.0. The van der Waals surface area contributed by atoms with Gasteiger partial charge in [0.25, 0.3) is 0 Å². The first-order chi connectivity index (χ1) is 15.5. The fourth-order valence-electron chi connectivity index (χ4n) is 4.52. The molecule has 0 radical (unpaired) electrons. The summed E-state index contributed by atoms with van der Waals surface area (Å²) in [5.41, 5.74) is 10.1. The molecular weight excluding hydrogens is 445 g/mol. The summed E-state index contributed by atoms with van der Waals surface area (Å²) in [4.78, 5) is 23.7. The number of nitrogens with zero attached hydrogens (tertiary/aromatic N) is 4. The third kappa shape index (κ3) is 3.22. The first-order valence-electron chi connectivity index (χ1n) is 10.1. The smallest absolute Gasteiger partial charge is 0.161 e. The fourth-order valence-corrected chi connectivity index (χ4v) is 4.96. The van der Waals surface area contributed by atoms with Crippen LogP contribution < -0.4 is 10.6 Å². The second kappa shape index (κ2) is 7.94. The van der Waals surface area contributed by atoms with Crippen LogP contribution in [0.1, 0.15) is 30.7 Å². The van der Waals surface area contributed by atoms with Gasteiger partial charge in [0.15, 0.2) is 5.78 Å².